The molecule has 0 saturated carbocycles. The van der Waals surface area contributed by atoms with Gasteiger partial charge in [0.2, 0.25) is 5.91 Å². The van der Waals surface area contributed by atoms with Gasteiger partial charge in [-0.1, -0.05) is 39.0 Å². The molecule has 0 atom stereocenters. The van der Waals surface area contributed by atoms with E-state index in [0.29, 0.717) is 6.54 Å². The van der Waals surface area contributed by atoms with Crippen LogP contribution in [-0.2, 0) is 10.2 Å². The molecule has 0 aliphatic heterocycles. The van der Waals surface area contributed by atoms with Crippen LogP contribution in [0.1, 0.15) is 47.1 Å². The quantitative estimate of drug-likeness (QED) is 0.877. The van der Waals surface area contributed by atoms with Gasteiger partial charge in [0.05, 0.1) is 6.54 Å². The Morgan fingerprint density at radius 2 is 1.63 bits per heavy atom. The van der Waals surface area contributed by atoms with Gasteiger partial charge in [0.15, 0.2) is 0 Å². The fourth-order valence-corrected chi connectivity index (χ4v) is 1.79. The summed E-state index contributed by atoms with van der Waals surface area (Å²) in [5, 5.41) is 6.18. The van der Waals surface area contributed by atoms with Crippen LogP contribution in [0.2, 0.25) is 0 Å². The number of rotatable bonds is 3. The smallest absolute Gasteiger partial charge is 0.238 e. The molecule has 0 heterocycles. The van der Waals surface area contributed by atoms with Crippen molar-refractivity contribution in [1.29, 1.82) is 0 Å². The summed E-state index contributed by atoms with van der Waals surface area (Å²) in [5.74, 6) is -0.00775. The van der Waals surface area contributed by atoms with Crippen molar-refractivity contribution < 1.29 is 4.79 Å². The largest absolute Gasteiger partial charge is 0.325 e. The van der Waals surface area contributed by atoms with E-state index in [-0.39, 0.29) is 16.9 Å². The van der Waals surface area contributed by atoms with E-state index < -0.39 is 0 Å². The Bertz CT molecular complexity index is 439. The molecule has 2 N–H and O–H groups in total. The Balaban J connectivity index is 2.75. The molecule has 0 unspecified atom stereocenters. The lowest BCUT2D eigenvalue weighted by molar-refractivity contribution is -0.115. The Morgan fingerprint density at radius 1 is 1.05 bits per heavy atom. The molecule has 3 heteroatoms. The van der Waals surface area contributed by atoms with E-state index in [1.807, 2.05) is 39.0 Å². The van der Waals surface area contributed by atoms with E-state index in [1.165, 1.54) is 0 Å². The maximum absolute atomic E-state index is 12.0. The van der Waals surface area contributed by atoms with Gasteiger partial charge in [0.25, 0.3) is 0 Å². The molecule has 0 saturated heterocycles. The number of anilines is 1. The second kappa shape index (κ2) is 5.74. The van der Waals surface area contributed by atoms with Crippen LogP contribution in [0.25, 0.3) is 0 Å². The molecule has 19 heavy (non-hydrogen) atoms. The summed E-state index contributed by atoms with van der Waals surface area (Å²) in [6, 6.07) is 7.97. The standard InChI is InChI=1S/C16H26N2O/c1-15(2,3)12-9-7-8-10-13(12)18-14(19)11-17-16(4,5)6/h7-10,17H,11H2,1-6H3,(H,18,19). The Morgan fingerprint density at radius 3 is 2.16 bits per heavy atom. The molecule has 1 amide bonds. The normalized spacial score (nSPS) is 12.3. The molecular weight excluding hydrogens is 236 g/mol. The highest BCUT2D eigenvalue weighted by Gasteiger charge is 2.19. The maximum atomic E-state index is 12.0. The van der Waals surface area contributed by atoms with Crippen molar-refractivity contribution in [2.45, 2.75) is 52.5 Å². The lowest BCUT2D eigenvalue weighted by Gasteiger charge is -2.24. The van der Waals surface area contributed by atoms with Crippen LogP contribution in [0.15, 0.2) is 24.3 Å². The van der Waals surface area contributed by atoms with Gasteiger partial charge in [0.1, 0.15) is 0 Å². The molecule has 1 aromatic rings. The summed E-state index contributed by atoms with van der Waals surface area (Å²) >= 11 is 0. The van der Waals surface area contributed by atoms with Crippen molar-refractivity contribution in [3.63, 3.8) is 0 Å². The third kappa shape index (κ3) is 5.43. The SMILES string of the molecule is CC(C)(C)NCC(=O)Nc1ccccc1C(C)(C)C. The monoisotopic (exact) mass is 262 g/mol. The molecule has 0 radical (unpaired) electrons. The van der Waals surface area contributed by atoms with Crippen LogP contribution in [0.4, 0.5) is 5.69 Å². The van der Waals surface area contributed by atoms with Crippen molar-refractivity contribution >= 4 is 11.6 Å². The predicted molar refractivity (Wildman–Crippen MR) is 81.5 cm³/mol. The summed E-state index contributed by atoms with van der Waals surface area (Å²) in [4.78, 5) is 12.0. The van der Waals surface area contributed by atoms with Crippen molar-refractivity contribution in [2.75, 3.05) is 11.9 Å². The molecule has 1 aromatic carbocycles. The lowest BCUT2D eigenvalue weighted by atomic mass is 9.86. The lowest BCUT2D eigenvalue weighted by Crippen LogP contribution is -2.41. The van der Waals surface area contributed by atoms with E-state index >= 15 is 0 Å². The Labute approximate surface area is 116 Å². The number of hydrogen-bond donors (Lipinski definition) is 2. The minimum atomic E-state index is -0.0547. The number of hydrogen-bond acceptors (Lipinski definition) is 2. The van der Waals surface area contributed by atoms with Gasteiger partial charge in [-0.05, 0) is 37.8 Å². The minimum Gasteiger partial charge on any atom is -0.325 e. The first-order valence-corrected chi connectivity index (χ1v) is 6.74. The summed E-state index contributed by atoms with van der Waals surface area (Å²) in [6.45, 7) is 12.9. The van der Waals surface area contributed by atoms with E-state index in [4.69, 9.17) is 0 Å². The Hall–Kier alpha value is -1.35. The summed E-state index contributed by atoms with van der Waals surface area (Å²) in [5.41, 5.74) is 2.01. The fourth-order valence-electron chi connectivity index (χ4n) is 1.79. The second-order valence-electron chi connectivity index (χ2n) is 6.95. The zero-order valence-electron chi connectivity index (χ0n) is 12.9. The topological polar surface area (TPSA) is 41.1 Å². The zero-order chi connectivity index (χ0) is 14.7. The summed E-state index contributed by atoms with van der Waals surface area (Å²) < 4.78 is 0. The zero-order valence-corrected chi connectivity index (χ0v) is 12.9. The van der Waals surface area contributed by atoms with Crippen molar-refractivity contribution in [2.24, 2.45) is 0 Å². The van der Waals surface area contributed by atoms with Crippen LogP contribution >= 0.6 is 0 Å². The number of nitrogens with one attached hydrogen (secondary N) is 2. The first-order valence-electron chi connectivity index (χ1n) is 6.74. The third-order valence-electron chi connectivity index (χ3n) is 2.79. The molecule has 1 rings (SSSR count). The summed E-state index contributed by atoms with van der Waals surface area (Å²) in [6.07, 6.45) is 0. The average molecular weight is 262 g/mol. The number of benzene rings is 1. The van der Waals surface area contributed by atoms with Gasteiger partial charge in [-0.3, -0.25) is 4.79 Å². The minimum absolute atomic E-state index is 0.00775. The maximum Gasteiger partial charge on any atom is 0.238 e. The van der Waals surface area contributed by atoms with Crippen LogP contribution < -0.4 is 10.6 Å². The number of carbonyl (C=O) groups is 1. The fraction of sp³-hybridized carbons (Fsp3) is 0.562. The van der Waals surface area contributed by atoms with Gasteiger partial charge < -0.3 is 10.6 Å². The molecule has 0 aliphatic rings. The second-order valence-corrected chi connectivity index (χ2v) is 6.95. The van der Waals surface area contributed by atoms with Crippen LogP contribution in [-0.4, -0.2) is 18.0 Å². The number of amides is 1. The molecule has 0 aliphatic carbocycles. The molecule has 0 spiro atoms. The predicted octanol–water partition coefficient (Wildman–Crippen LogP) is 3.31. The third-order valence-corrected chi connectivity index (χ3v) is 2.79. The number of para-hydroxylation sites is 1. The van der Waals surface area contributed by atoms with E-state index in [0.717, 1.165) is 11.3 Å². The van der Waals surface area contributed by atoms with Gasteiger partial charge in [0, 0.05) is 11.2 Å². The van der Waals surface area contributed by atoms with Gasteiger partial charge in [-0.15, -0.1) is 0 Å². The molecule has 3 nitrogen and oxygen atoms in total. The van der Waals surface area contributed by atoms with Crippen LogP contribution in [0.5, 0.6) is 0 Å². The molecule has 0 aromatic heterocycles. The first kappa shape index (κ1) is 15.7. The van der Waals surface area contributed by atoms with Gasteiger partial charge in [-0.2, -0.15) is 0 Å². The molecule has 0 bridgehead atoms. The van der Waals surface area contributed by atoms with Crippen LogP contribution in [0, 0.1) is 0 Å². The highest BCUT2D eigenvalue weighted by molar-refractivity contribution is 5.93. The summed E-state index contributed by atoms with van der Waals surface area (Å²) in [7, 11) is 0. The van der Waals surface area contributed by atoms with E-state index in [1.54, 1.807) is 0 Å². The van der Waals surface area contributed by atoms with Crippen LogP contribution in [0.3, 0.4) is 0 Å². The number of carbonyl (C=O) groups excluding carboxylic acids is 1. The highest BCUT2D eigenvalue weighted by Crippen LogP contribution is 2.29. The highest BCUT2D eigenvalue weighted by atomic mass is 16.1. The molecular formula is C16H26N2O. The van der Waals surface area contributed by atoms with Gasteiger partial charge in [-0.25, -0.2) is 0 Å². The van der Waals surface area contributed by atoms with Crippen molar-refractivity contribution in [1.82, 2.24) is 5.32 Å². The first-order chi connectivity index (χ1) is 8.59. The average Bonchev–Trinajstić information content (AvgIpc) is 2.25. The van der Waals surface area contributed by atoms with Crippen molar-refractivity contribution in [3.05, 3.63) is 29.8 Å². The van der Waals surface area contributed by atoms with E-state index in [9.17, 15) is 4.79 Å². The molecule has 106 valence electrons. The molecule has 0 fully saturated rings. The van der Waals surface area contributed by atoms with Crippen molar-refractivity contribution in [3.8, 4) is 0 Å². The Kier molecular flexibility index (Phi) is 4.75. The van der Waals surface area contributed by atoms with Gasteiger partial charge >= 0.3 is 0 Å². The van der Waals surface area contributed by atoms with E-state index in [2.05, 4.69) is 37.5 Å².